The standard InChI is InChI=1S/C18H20N2OS/c1-12-8-13(2)17(14(3)9-12)18-20(16(21)11-22-18)10-15-6-4-5-7-19-15/h4-9,18H,10-11H2,1-3H3. The number of hydrogen-bond donors (Lipinski definition) is 0. The summed E-state index contributed by atoms with van der Waals surface area (Å²) in [6, 6.07) is 10.2. The van der Waals surface area contributed by atoms with E-state index in [1.165, 1.54) is 22.3 Å². The van der Waals surface area contributed by atoms with Crippen molar-refractivity contribution in [2.24, 2.45) is 0 Å². The van der Waals surface area contributed by atoms with Crippen LogP contribution in [0, 0.1) is 20.8 Å². The molecule has 0 spiro atoms. The number of benzene rings is 1. The number of amides is 1. The van der Waals surface area contributed by atoms with E-state index in [1.54, 1.807) is 18.0 Å². The molecule has 3 rings (SSSR count). The van der Waals surface area contributed by atoms with E-state index < -0.39 is 0 Å². The molecule has 1 aromatic carbocycles. The van der Waals surface area contributed by atoms with E-state index in [0.29, 0.717) is 12.3 Å². The molecule has 0 aliphatic carbocycles. The third kappa shape index (κ3) is 2.88. The van der Waals surface area contributed by atoms with E-state index in [-0.39, 0.29) is 11.3 Å². The predicted octanol–water partition coefficient (Wildman–Crippen LogP) is 3.78. The molecule has 1 saturated heterocycles. The van der Waals surface area contributed by atoms with Crippen LogP contribution in [0.3, 0.4) is 0 Å². The van der Waals surface area contributed by atoms with E-state index >= 15 is 0 Å². The van der Waals surface area contributed by atoms with Gasteiger partial charge >= 0.3 is 0 Å². The number of carbonyl (C=O) groups excluding carboxylic acids is 1. The minimum absolute atomic E-state index is 0.0927. The van der Waals surface area contributed by atoms with Crippen LogP contribution in [-0.4, -0.2) is 21.5 Å². The first-order valence-electron chi connectivity index (χ1n) is 7.45. The highest BCUT2D eigenvalue weighted by molar-refractivity contribution is 8.00. The van der Waals surface area contributed by atoms with Gasteiger partial charge in [-0.05, 0) is 49.6 Å². The van der Waals surface area contributed by atoms with Crippen LogP contribution in [0.2, 0.25) is 0 Å². The van der Waals surface area contributed by atoms with E-state index in [1.807, 2.05) is 23.1 Å². The fourth-order valence-corrected chi connectivity index (χ4v) is 4.49. The second kappa shape index (κ2) is 6.13. The zero-order valence-corrected chi connectivity index (χ0v) is 14.0. The largest absolute Gasteiger partial charge is 0.320 e. The molecule has 4 heteroatoms. The van der Waals surface area contributed by atoms with Crippen LogP contribution in [0.5, 0.6) is 0 Å². The minimum atomic E-state index is 0.0927. The summed E-state index contributed by atoms with van der Waals surface area (Å²) in [4.78, 5) is 18.6. The molecule has 22 heavy (non-hydrogen) atoms. The van der Waals surface area contributed by atoms with Crippen molar-refractivity contribution in [3.63, 3.8) is 0 Å². The number of aryl methyl sites for hydroxylation is 3. The van der Waals surface area contributed by atoms with Crippen molar-refractivity contribution in [1.82, 2.24) is 9.88 Å². The second-order valence-electron chi connectivity index (χ2n) is 5.82. The number of carbonyl (C=O) groups is 1. The van der Waals surface area contributed by atoms with E-state index in [0.717, 1.165) is 5.69 Å². The smallest absolute Gasteiger partial charge is 0.234 e. The average Bonchev–Trinajstić information content (AvgIpc) is 2.81. The molecule has 0 radical (unpaired) electrons. The molecule has 114 valence electrons. The fourth-order valence-electron chi connectivity index (χ4n) is 3.11. The van der Waals surface area contributed by atoms with Crippen LogP contribution in [-0.2, 0) is 11.3 Å². The Bertz CT molecular complexity index is 676. The number of pyridine rings is 1. The lowest BCUT2D eigenvalue weighted by molar-refractivity contribution is -0.128. The average molecular weight is 312 g/mol. The Balaban J connectivity index is 1.94. The van der Waals surface area contributed by atoms with Crippen LogP contribution in [0.4, 0.5) is 0 Å². The Hall–Kier alpha value is -1.81. The number of aromatic nitrogens is 1. The molecule has 1 fully saturated rings. The molecule has 3 nitrogen and oxygen atoms in total. The van der Waals surface area contributed by atoms with Gasteiger partial charge in [0.05, 0.1) is 18.0 Å². The predicted molar refractivity (Wildman–Crippen MR) is 90.6 cm³/mol. The number of hydrogen-bond acceptors (Lipinski definition) is 3. The molecule has 1 unspecified atom stereocenters. The molecular weight excluding hydrogens is 292 g/mol. The molecule has 0 bridgehead atoms. The number of nitrogens with zero attached hydrogens (tertiary/aromatic N) is 2. The zero-order valence-electron chi connectivity index (χ0n) is 13.2. The Morgan fingerprint density at radius 1 is 1.23 bits per heavy atom. The first-order valence-corrected chi connectivity index (χ1v) is 8.50. The quantitative estimate of drug-likeness (QED) is 0.865. The van der Waals surface area contributed by atoms with E-state index in [9.17, 15) is 4.79 Å². The summed E-state index contributed by atoms with van der Waals surface area (Å²) in [6.07, 6.45) is 1.78. The van der Waals surface area contributed by atoms with Gasteiger partial charge in [0.2, 0.25) is 5.91 Å². The number of thioether (sulfide) groups is 1. The van der Waals surface area contributed by atoms with Crippen molar-refractivity contribution in [3.8, 4) is 0 Å². The first-order chi connectivity index (χ1) is 10.6. The summed E-state index contributed by atoms with van der Waals surface area (Å²) >= 11 is 1.71. The summed E-state index contributed by atoms with van der Waals surface area (Å²) in [7, 11) is 0. The molecule has 0 N–H and O–H groups in total. The van der Waals surface area contributed by atoms with E-state index in [4.69, 9.17) is 0 Å². The Morgan fingerprint density at radius 3 is 2.59 bits per heavy atom. The molecule has 1 atom stereocenters. The van der Waals surface area contributed by atoms with Gasteiger partial charge in [0.25, 0.3) is 0 Å². The van der Waals surface area contributed by atoms with Crippen molar-refractivity contribution in [1.29, 1.82) is 0 Å². The zero-order chi connectivity index (χ0) is 15.7. The molecular formula is C18H20N2OS. The van der Waals surface area contributed by atoms with Crippen molar-refractivity contribution in [2.45, 2.75) is 32.7 Å². The minimum Gasteiger partial charge on any atom is -0.320 e. The summed E-state index contributed by atoms with van der Waals surface area (Å²) < 4.78 is 0. The van der Waals surface area contributed by atoms with Gasteiger partial charge in [-0.1, -0.05) is 23.8 Å². The molecule has 0 saturated carbocycles. The summed E-state index contributed by atoms with van der Waals surface area (Å²) in [6.45, 7) is 6.96. The van der Waals surface area contributed by atoms with Gasteiger partial charge in [-0.2, -0.15) is 0 Å². The van der Waals surface area contributed by atoms with Gasteiger partial charge in [0.1, 0.15) is 5.37 Å². The lowest BCUT2D eigenvalue weighted by atomic mass is 9.99. The lowest BCUT2D eigenvalue weighted by Crippen LogP contribution is -2.28. The van der Waals surface area contributed by atoms with Gasteiger partial charge in [0.15, 0.2) is 0 Å². The highest BCUT2D eigenvalue weighted by Gasteiger charge is 2.34. The fraction of sp³-hybridized carbons (Fsp3) is 0.333. The van der Waals surface area contributed by atoms with Gasteiger partial charge in [-0.3, -0.25) is 9.78 Å². The second-order valence-corrected chi connectivity index (χ2v) is 6.89. The van der Waals surface area contributed by atoms with Gasteiger partial charge in [0, 0.05) is 6.20 Å². The monoisotopic (exact) mass is 312 g/mol. The summed E-state index contributed by atoms with van der Waals surface area (Å²) in [5.41, 5.74) is 6.00. The van der Waals surface area contributed by atoms with Gasteiger partial charge in [-0.25, -0.2) is 0 Å². The van der Waals surface area contributed by atoms with Gasteiger partial charge < -0.3 is 4.90 Å². The van der Waals surface area contributed by atoms with Gasteiger partial charge in [-0.15, -0.1) is 11.8 Å². The maximum absolute atomic E-state index is 12.3. The van der Waals surface area contributed by atoms with Crippen LogP contribution in [0.1, 0.15) is 33.3 Å². The molecule has 1 aliphatic heterocycles. The highest BCUT2D eigenvalue weighted by atomic mass is 32.2. The molecule has 1 amide bonds. The van der Waals surface area contributed by atoms with Crippen molar-refractivity contribution in [2.75, 3.05) is 5.75 Å². The van der Waals surface area contributed by atoms with E-state index in [2.05, 4.69) is 37.9 Å². The normalized spacial score (nSPS) is 18.0. The third-order valence-electron chi connectivity index (χ3n) is 4.01. The summed E-state index contributed by atoms with van der Waals surface area (Å²) in [5.74, 6) is 0.740. The maximum Gasteiger partial charge on any atom is 0.234 e. The molecule has 1 aromatic heterocycles. The molecule has 2 heterocycles. The SMILES string of the molecule is Cc1cc(C)c(C2SCC(=O)N2Cc2ccccn2)c(C)c1. The molecule has 1 aliphatic rings. The third-order valence-corrected chi connectivity index (χ3v) is 5.23. The Kier molecular flexibility index (Phi) is 4.21. The van der Waals surface area contributed by atoms with Crippen LogP contribution in [0.25, 0.3) is 0 Å². The first kappa shape index (κ1) is 15.1. The molecule has 2 aromatic rings. The van der Waals surface area contributed by atoms with Crippen LogP contribution >= 0.6 is 11.8 Å². The Morgan fingerprint density at radius 2 is 1.95 bits per heavy atom. The van der Waals surface area contributed by atoms with Crippen molar-refractivity contribution < 1.29 is 4.79 Å². The van der Waals surface area contributed by atoms with Crippen LogP contribution < -0.4 is 0 Å². The topological polar surface area (TPSA) is 33.2 Å². The summed E-state index contributed by atoms with van der Waals surface area (Å²) in [5, 5.41) is 0.0927. The van der Waals surface area contributed by atoms with Crippen LogP contribution in [0.15, 0.2) is 36.5 Å². The number of rotatable bonds is 3. The highest BCUT2D eigenvalue weighted by Crippen LogP contribution is 2.42. The maximum atomic E-state index is 12.3. The van der Waals surface area contributed by atoms with Crippen molar-refractivity contribution >= 4 is 17.7 Å². The Labute approximate surface area is 135 Å². The van der Waals surface area contributed by atoms with Crippen molar-refractivity contribution in [3.05, 3.63) is 64.5 Å². The lowest BCUT2D eigenvalue weighted by Gasteiger charge is -2.27.